The van der Waals surface area contributed by atoms with Crippen molar-refractivity contribution >= 4 is 37.0 Å². The fraction of sp³-hybridized carbons (Fsp3) is 0.538. The number of rotatable bonds is 8. The topological polar surface area (TPSA) is 80.3 Å². The van der Waals surface area contributed by atoms with Crippen LogP contribution in [0.3, 0.4) is 0 Å². The average molecular weight is 354 g/mol. The van der Waals surface area contributed by atoms with Crippen LogP contribution in [0.4, 0.5) is 5.69 Å². The van der Waals surface area contributed by atoms with Crippen molar-refractivity contribution in [2.24, 2.45) is 0 Å². The summed E-state index contributed by atoms with van der Waals surface area (Å²) in [5, 5.41) is 3.04. The van der Waals surface area contributed by atoms with Gasteiger partial charge in [-0.3, -0.25) is 0 Å². The Morgan fingerprint density at radius 2 is 1.67 bits per heavy atom. The third-order valence-electron chi connectivity index (χ3n) is 2.91. The molecule has 0 heterocycles. The fourth-order valence-electron chi connectivity index (χ4n) is 1.81. The minimum atomic E-state index is -3.51. The van der Waals surface area contributed by atoms with E-state index in [1.54, 1.807) is 0 Å². The summed E-state index contributed by atoms with van der Waals surface area (Å²) in [6.45, 7) is 0.609. The number of hydrogen-bond acceptors (Lipinski definition) is 5. The first-order valence-electron chi connectivity index (χ1n) is 6.50. The zero-order valence-corrected chi connectivity index (χ0v) is 14.5. The van der Waals surface area contributed by atoms with Gasteiger partial charge in [0.25, 0.3) is 0 Å². The van der Waals surface area contributed by atoms with E-state index in [9.17, 15) is 16.8 Å². The van der Waals surface area contributed by atoms with E-state index < -0.39 is 19.7 Å². The van der Waals surface area contributed by atoms with Crippen LogP contribution in [0.2, 0.25) is 0 Å². The molecule has 8 heteroatoms. The van der Waals surface area contributed by atoms with Crippen LogP contribution in [0.1, 0.15) is 19.3 Å². The van der Waals surface area contributed by atoms with Crippen molar-refractivity contribution in [3.05, 3.63) is 18.2 Å². The maximum atomic E-state index is 11.8. The van der Waals surface area contributed by atoms with E-state index in [-0.39, 0.29) is 9.79 Å². The number of alkyl halides is 1. The zero-order valence-electron chi connectivity index (χ0n) is 12.1. The van der Waals surface area contributed by atoms with Crippen LogP contribution in [0.15, 0.2) is 28.0 Å². The van der Waals surface area contributed by atoms with E-state index in [0.717, 1.165) is 31.8 Å². The molecule has 5 nitrogen and oxygen atoms in total. The number of hydrogen-bond donors (Lipinski definition) is 1. The van der Waals surface area contributed by atoms with E-state index >= 15 is 0 Å². The van der Waals surface area contributed by atoms with Gasteiger partial charge in [0, 0.05) is 24.9 Å². The molecule has 0 saturated heterocycles. The predicted molar refractivity (Wildman–Crippen MR) is 85.7 cm³/mol. The van der Waals surface area contributed by atoms with Crippen LogP contribution < -0.4 is 5.32 Å². The highest BCUT2D eigenvalue weighted by molar-refractivity contribution is 7.91. The van der Waals surface area contributed by atoms with E-state index in [1.807, 2.05) is 0 Å². The Labute approximate surface area is 131 Å². The van der Waals surface area contributed by atoms with Gasteiger partial charge in [0.1, 0.15) is 0 Å². The molecule has 21 heavy (non-hydrogen) atoms. The van der Waals surface area contributed by atoms with Crippen molar-refractivity contribution in [2.75, 3.05) is 30.3 Å². The van der Waals surface area contributed by atoms with Crippen LogP contribution in [0, 0.1) is 0 Å². The number of sulfone groups is 2. The number of nitrogens with one attached hydrogen (secondary N) is 1. The third kappa shape index (κ3) is 5.84. The molecule has 1 rings (SSSR count). The van der Waals surface area contributed by atoms with Crippen molar-refractivity contribution in [3.63, 3.8) is 0 Å². The second-order valence-electron chi connectivity index (χ2n) is 4.88. The maximum Gasteiger partial charge on any atom is 0.177 e. The van der Waals surface area contributed by atoms with Crippen LogP contribution in [0.5, 0.6) is 0 Å². The lowest BCUT2D eigenvalue weighted by Gasteiger charge is -2.12. The fourth-order valence-corrected chi connectivity index (χ4v) is 3.60. The number of benzene rings is 1. The van der Waals surface area contributed by atoms with Crippen LogP contribution >= 0.6 is 11.6 Å². The molecule has 0 amide bonds. The maximum absolute atomic E-state index is 11.8. The Morgan fingerprint density at radius 3 is 2.19 bits per heavy atom. The number of unbranched alkanes of at least 4 members (excludes halogenated alkanes) is 2. The highest BCUT2D eigenvalue weighted by atomic mass is 35.5. The molecule has 0 radical (unpaired) electrons. The lowest BCUT2D eigenvalue weighted by atomic mass is 10.2. The van der Waals surface area contributed by atoms with Gasteiger partial charge in [-0.1, -0.05) is 6.42 Å². The number of halogens is 1. The first-order chi connectivity index (χ1) is 9.66. The van der Waals surface area contributed by atoms with Gasteiger partial charge in [0.2, 0.25) is 0 Å². The molecule has 1 aromatic rings. The van der Waals surface area contributed by atoms with Gasteiger partial charge in [-0.2, -0.15) is 0 Å². The zero-order chi connectivity index (χ0) is 16.1. The van der Waals surface area contributed by atoms with Crippen LogP contribution in [-0.4, -0.2) is 41.8 Å². The second-order valence-corrected chi connectivity index (χ2v) is 9.26. The minimum absolute atomic E-state index is 0.00256. The summed E-state index contributed by atoms with van der Waals surface area (Å²) in [5.74, 6) is 0.609. The Hall–Kier alpha value is -0.790. The van der Waals surface area contributed by atoms with Gasteiger partial charge in [-0.25, -0.2) is 16.8 Å². The normalized spacial score (nSPS) is 12.3. The third-order valence-corrected chi connectivity index (χ3v) is 5.42. The van der Waals surface area contributed by atoms with Gasteiger partial charge in [0.05, 0.1) is 15.5 Å². The Kier molecular flexibility index (Phi) is 6.49. The molecule has 1 aromatic carbocycles. The van der Waals surface area contributed by atoms with Gasteiger partial charge >= 0.3 is 0 Å². The predicted octanol–water partition coefficient (Wildman–Crippen LogP) is 2.31. The second kappa shape index (κ2) is 7.47. The number of anilines is 1. The van der Waals surface area contributed by atoms with E-state index in [4.69, 9.17) is 11.6 Å². The molecule has 0 atom stereocenters. The summed E-state index contributed by atoms with van der Waals surface area (Å²) >= 11 is 5.59. The van der Waals surface area contributed by atoms with Crippen molar-refractivity contribution in [1.82, 2.24) is 0 Å². The molecule has 0 saturated carbocycles. The molecule has 120 valence electrons. The van der Waals surface area contributed by atoms with E-state index in [2.05, 4.69) is 5.32 Å². The Bertz CT molecular complexity index is 684. The quantitative estimate of drug-likeness (QED) is 0.573. The molecule has 0 aliphatic carbocycles. The molecule has 0 bridgehead atoms. The molecule has 0 spiro atoms. The summed E-state index contributed by atoms with van der Waals surface area (Å²) in [6.07, 6.45) is 4.84. The summed E-state index contributed by atoms with van der Waals surface area (Å²) < 4.78 is 46.7. The van der Waals surface area contributed by atoms with Crippen molar-refractivity contribution in [3.8, 4) is 0 Å². The first-order valence-corrected chi connectivity index (χ1v) is 10.8. The van der Waals surface area contributed by atoms with Crippen molar-refractivity contribution in [2.45, 2.75) is 29.1 Å². The molecule has 0 aromatic heterocycles. The summed E-state index contributed by atoms with van der Waals surface area (Å²) in [4.78, 5) is -0.00150. The Morgan fingerprint density at radius 1 is 1.00 bits per heavy atom. The van der Waals surface area contributed by atoms with Crippen LogP contribution in [0.25, 0.3) is 0 Å². The molecule has 0 aliphatic rings. The SMILES string of the molecule is CS(=O)(=O)c1ccc(NCCCCCCl)c(S(C)(=O)=O)c1. The largest absolute Gasteiger partial charge is 0.384 e. The molecular formula is C13H20ClNO4S2. The lowest BCUT2D eigenvalue weighted by Crippen LogP contribution is -2.09. The molecule has 0 fully saturated rings. The van der Waals surface area contributed by atoms with Gasteiger partial charge in [0.15, 0.2) is 19.7 Å². The van der Waals surface area contributed by atoms with Crippen molar-refractivity contribution < 1.29 is 16.8 Å². The van der Waals surface area contributed by atoms with E-state index in [0.29, 0.717) is 18.1 Å². The monoisotopic (exact) mass is 353 g/mol. The highest BCUT2D eigenvalue weighted by Gasteiger charge is 2.17. The van der Waals surface area contributed by atoms with Crippen molar-refractivity contribution in [1.29, 1.82) is 0 Å². The van der Waals surface area contributed by atoms with Gasteiger partial charge in [-0.15, -0.1) is 11.6 Å². The smallest absolute Gasteiger partial charge is 0.177 e. The molecular weight excluding hydrogens is 334 g/mol. The standard InChI is InChI=1S/C13H20ClNO4S2/c1-20(16,17)11-6-7-12(13(10-11)21(2,18)19)15-9-5-3-4-8-14/h6-7,10,15H,3-5,8-9H2,1-2H3. The van der Waals surface area contributed by atoms with Crippen LogP contribution in [-0.2, 0) is 19.7 Å². The first kappa shape index (κ1) is 18.3. The average Bonchev–Trinajstić information content (AvgIpc) is 2.36. The lowest BCUT2D eigenvalue weighted by molar-refractivity contribution is 0.600. The van der Waals surface area contributed by atoms with Gasteiger partial charge < -0.3 is 5.32 Å². The van der Waals surface area contributed by atoms with E-state index in [1.165, 1.54) is 18.2 Å². The summed E-state index contributed by atoms with van der Waals surface area (Å²) in [5.41, 5.74) is 0.427. The van der Waals surface area contributed by atoms with Gasteiger partial charge in [-0.05, 0) is 31.0 Å². The molecule has 0 unspecified atom stereocenters. The summed E-state index contributed by atoms with van der Waals surface area (Å²) in [7, 11) is -6.95. The minimum Gasteiger partial charge on any atom is -0.384 e. The summed E-state index contributed by atoms with van der Waals surface area (Å²) in [6, 6.07) is 4.10. The highest BCUT2D eigenvalue weighted by Crippen LogP contribution is 2.25. The molecule has 1 N–H and O–H groups in total. The molecule has 0 aliphatic heterocycles. The Balaban J connectivity index is 2.99.